The van der Waals surface area contributed by atoms with Gasteiger partial charge in [-0.05, 0) is 0 Å². The summed E-state index contributed by atoms with van der Waals surface area (Å²) in [5.74, 6) is 0.350. The minimum Gasteiger partial charge on any atom is -1.00 e. The summed E-state index contributed by atoms with van der Waals surface area (Å²) in [6.45, 7) is 2.24. The number of halogens is 3. The molecule has 0 saturated heterocycles. The van der Waals surface area contributed by atoms with E-state index < -0.39 is 0 Å². The third-order valence-electron chi connectivity index (χ3n) is 3.74. The van der Waals surface area contributed by atoms with Gasteiger partial charge in [0.2, 0.25) is 0 Å². The SMILES string of the molecule is CC1=CC2=C(C=CC=CC2c2ccc(Cl)cc2)[CH]1[Zr+2].[Cl-].[Cl-]. The molecule has 2 aliphatic carbocycles. The van der Waals surface area contributed by atoms with Crippen molar-refractivity contribution in [3.8, 4) is 0 Å². The topological polar surface area (TPSA) is 0 Å². The van der Waals surface area contributed by atoms with E-state index in [1.54, 1.807) is 24.7 Å². The van der Waals surface area contributed by atoms with Crippen LogP contribution in [0.1, 0.15) is 18.4 Å². The smallest absolute Gasteiger partial charge is 1.00 e. The Morgan fingerprint density at radius 2 is 1.67 bits per heavy atom. The maximum atomic E-state index is 5.99. The van der Waals surface area contributed by atoms with Gasteiger partial charge in [-0.15, -0.1) is 0 Å². The van der Waals surface area contributed by atoms with E-state index in [1.807, 2.05) is 12.1 Å². The van der Waals surface area contributed by atoms with Crippen molar-refractivity contribution < 1.29 is 49.5 Å². The van der Waals surface area contributed by atoms with E-state index in [2.05, 4.69) is 49.4 Å². The van der Waals surface area contributed by atoms with Crippen LogP contribution in [-0.4, -0.2) is 0 Å². The summed E-state index contributed by atoms with van der Waals surface area (Å²) in [5, 5.41) is 0.796. The van der Waals surface area contributed by atoms with E-state index in [9.17, 15) is 0 Å². The Bertz CT molecular complexity index is 624. The molecule has 0 saturated carbocycles. The molecule has 0 N–H and O–H groups in total. The Morgan fingerprint density at radius 1 is 1.00 bits per heavy atom. The fourth-order valence-corrected chi connectivity index (χ4v) is 3.66. The molecular weight excluding hydrogens is 402 g/mol. The first-order valence-corrected chi connectivity index (χ1v) is 8.20. The number of benzene rings is 1. The predicted octanol–water partition coefficient (Wildman–Crippen LogP) is -0.851. The van der Waals surface area contributed by atoms with Gasteiger partial charge in [0.25, 0.3) is 0 Å². The normalized spacial score (nSPS) is 23.0. The summed E-state index contributed by atoms with van der Waals surface area (Å²) in [6.07, 6.45) is 11.2. The van der Waals surface area contributed by atoms with E-state index in [4.69, 9.17) is 11.6 Å². The van der Waals surface area contributed by atoms with Crippen LogP contribution in [0.15, 0.2) is 71.4 Å². The Labute approximate surface area is 158 Å². The molecule has 0 nitrogen and oxygen atoms in total. The van der Waals surface area contributed by atoms with Crippen molar-refractivity contribution in [2.24, 2.45) is 0 Å². The van der Waals surface area contributed by atoms with Crippen LogP contribution in [0.25, 0.3) is 0 Å². The van der Waals surface area contributed by atoms with Crippen LogP contribution in [-0.2, 0) is 24.7 Å². The summed E-state index contributed by atoms with van der Waals surface area (Å²) in [5.41, 5.74) is 5.74. The molecule has 0 spiro atoms. The maximum Gasteiger partial charge on any atom is -1.00 e. The molecule has 0 heterocycles. The van der Waals surface area contributed by atoms with Gasteiger partial charge in [-0.2, -0.15) is 0 Å². The molecule has 21 heavy (non-hydrogen) atoms. The van der Waals surface area contributed by atoms with Crippen molar-refractivity contribution in [1.29, 1.82) is 0 Å². The standard InChI is InChI=1S/C17H14Cl.2ClH.Zr/c1-12-10-14-4-2-3-5-16(17(14)11-12)13-6-8-15(18)9-7-13;;;/h2-11,16H,1H3;2*1H;/q;;;+2/p-2. The Kier molecular flexibility index (Phi) is 7.21. The van der Waals surface area contributed by atoms with Crippen molar-refractivity contribution in [2.45, 2.75) is 16.5 Å². The Morgan fingerprint density at radius 3 is 2.33 bits per heavy atom. The number of hydrogen-bond acceptors (Lipinski definition) is 0. The first-order chi connectivity index (χ1) is 9.16. The van der Waals surface area contributed by atoms with Gasteiger partial charge in [-0.1, -0.05) is 0 Å². The zero-order chi connectivity index (χ0) is 13.4. The van der Waals surface area contributed by atoms with Crippen LogP contribution in [0.3, 0.4) is 0 Å². The summed E-state index contributed by atoms with van der Waals surface area (Å²) in [4.78, 5) is 0. The second kappa shape index (κ2) is 7.97. The second-order valence-electron chi connectivity index (χ2n) is 5.01. The maximum absolute atomic E-state index is 5.99. The van der Waals surface area contributed by atoms with Crippen LogP contribution < -0.4 is 24.8 Å². The molecule has 2 aliphatic rings. The molecule has 0 aliphatic heterocycles. The molecule has 4 heteroatoms. The molecule has 1 aromatic carbocycles. The quantitative estimate of drug-likeness (QED) is 0.560. The summed E-state index contributed by atoms with van der Waals surface area (Å²) in [7, 11) is 0. The first-order valence-electron chi connectivity index (χ1n) is 6.40. The van der Waals surface area contributed by atoms with E-state index in [0.29, 0.717) is 9.54 Å². The minimum atomic E-state index is 0. The molecule has 3 rings (SSSR count). The molecule has 2 atom stereocenters. The molecular formula is C17H14Cl3Zr. The van der Waals surface area contributed by atoms with Gasteiger partial charge in [0, 0.05) is 0 Å². The summed E-state index contributed by atoms with van der Waals surface area (Å²) < 4.78 is 0.619. The molecule has 2 unspecified atom stereocenters. The third kappa shape index (κ3) is 3.83. The zero-order valence-corrected chi connectivity index (χ0v) is 16.2. The minimum absolute atomic E-state index is 0. The molecule has 0 radical (unpaired) electrons. The van der Waals surface area contributed by atoms with Crippen molar-refractivity contribution in [3.63, 3.8) is 0 Å². The van der Waals surface area contributed by atoms with Crippen LogP contribution in [0.4, 0.5) is 0 Å². The van der Waals surface area contributed by atoms with Gasteiger partial charge in [-0.25, -0.2) is 0 Å². The molecule has 0 aromatic heterocycles. The average Bonchev–Trinajstić information content (AvgIpc) is 2.59. The Hall–Kier alpha value is -0.0669. The van der Waals surface area contributed by atoms with Crippen molar-refractivity contribution in [2.75, 3.05) is 0 Å². The zero-order valence-electron chi connectivity index (χ0n) is 11.5. The predicted molar refractivity (Wildman–Crippen MR) is 77.0 cm³/mol. The number of rotatable bonds is 1. The van der Waals surface area contributed by atoms with E-state index in [1.165, 1.54) is 22.3 Å². The van der Waals surface area contributed by atoms with Gasteiger partial charge in [0.05, 0.1) is 0 Å². The Balaban J connectivity index is 0.00000110. The van der Waals surface area contributed by atoms with Crippen molar-refractivity contribution in [1.82, 2.24) is 0 Å². The molecule has 0 fully saturated rings. The number of allylic oxidation sites excluding steroid dienone is 8. The van der Waals surface area contributed by atoms with Crippen molar-refractivity contribution >= 4 is 11.6 Å². The second-order valence-corrected chi connectivity index (χ2v) is 6.86. The van der Waals surface area contributed by atoms with Crippen LogP contribution in [0.5, 0.6) is 0 Å². The monoisotopic (exact) mass is 413 g/mol. The largest absolute Gasteiger partial charge is 1.00 e. The fourth-order valence-electron chi connectivity index (χ4n) is 2.68. The van der Waals surface area contributed by atoms with Crippen molar-refractivity contribution in [3.05, 3.63) is 82.0 Å². The third-order valence-corrected chi connectivity index (χ3v) is 5.87. The molecule has 0 bridgehead atoms. The molecule has 107 valence electrons. The van der Waals surface area contributed by atoms with E-state index in [0.717, 1.165) is 5.02 Å². The molecule has 0 amide bonds. The van der Waals surface area contributed by atoms with Gasteiger partial charge in [0.1, 0.15) is 0 Å². The number of hydrogen-bond donors (Lipinski definition) is 0. The van der Waals surface area contributed by atoms with Gasteiger partial charge in [-0.3, -0.25) is 0 Å². The van der Waals surface area contributed by atoms with Gasteiger partial charge >= 0.3 is 135 Å². The fraction of sp³-hybridized carbons (Fsp3) is 0.176. The average molecular weight is 416 g/mol. The first kappa shape index (κ1) is 19.0. The van der Waals surface area contributed by atoms with E-state index in [-0.39, 0.29) is 24.8 Å². The van der Waals surface area contributed by atoms with Gasteiger partial charge in [0.15, 0.2) is 0 Å². The van der Waals surface area contributed by atoms with E-state index >= 15 is 0 Å². The van der Waals surface area contributed by atoms with Crippen LogP contribution >= 0.6 is 11.6 Å². The summed E-state index contributed by atoms with van der Waals surface area (Å²) >= 11 is 7.56. The van der Waals surface area contributed by atoms with Crippen LogP contribution in [0.2, 0.25) is 8.65 Å². The van der Waals surface area contributed by atoms with Gasteiger partial charge < -0.3 is 24.8 Å². The molecule has 1 aromatic rings. The summed E-state index contributed by atoms with van der Waals surface area (Å²) in [6, 6.07) is 8.22. The van der Waals surface area contributed by atoms with Crippen LogP contribution in [0, 0.1) is 0 Å².